The summed E-state index contributed by atoms with van der Waals surface area (Å²) in [5.41, 5.74) is 2.58. The number of aryl methyl sites for hydroxylation is 1. The Labute approximate surface area is 130 Å². The summed E-state index contributed by atoms with van der Waals surface area (Å²) in [7, 11) is 0. The Kier molecular flexibility index (Phi) is 5.07. The Hall–Kier alpha value is -1.75. The molecule has 0 radical (unpaired) electrons. The lowest BCUT2D eigenvalue weighted by Gasteiger charge is -2.34. The van der Waals surface area contributed by atoms with Crippen molar-refractivity contribution in [2.75, 3.05) is 6.54 Å². The quantitative estimate of drug-likeness (QED) is 0.846. The summed E-state index contributed by atoms with van der Waals surface area (Å²) in [6.45, 7) is 8.81. The van der Waals surface area contributed by atoms with E-state index in [1.165, 1.54) is 11.5 Å². The van der Waals surface area contributed by atoms with Gasteiger partial charge in [0.15, 0.2) is 0 Å². The van der Waals surface area contributed by atoms with Gasteiger partial charge in [0, 0.05) is 24.3 Å². The molecule has 0 saturated heterocycles. The van der Waals surface area contributed by atoms with Crippen LogP contribution in [0.25, 0.3) is 0 Å². The minimum Gasteiger partial charge on any atom is -0.331 e. The van der Waals surface area contributed by atoms with Crippen LogP contribution in [0, 0.1) is 12.8 Å². The van der Waals surface area contributed by atoms with Gasteiger partial charge in [0.05, 0.1) is 17.3 Å². The van der Waals surface area contributed by atoms with Crippen molar-refractivity contribution in [1.82, 2.24) is 14.3 Å². The molecule has 0 aromatic carbocycles. The van der Waals surface area contributed by atoms with Gasteiger partial charge in [-0.05, 0) is 42.9 Å². The highest BCUT2D eigenvalue weighted by atomic mass is 32.1. The first-order valence-corrected chi connectivity index (χ1v) is 8.01. The Morgan fingerprint density at radius 3 is 2.67 bits per heavy atom. The highest BCUT2D eigenvalue weighted by Crippen LogP contribution is 2.30. The van der Waals surface area contributed by atoms with Gasteiger partial charge >= 0.3 is 0 Å². The Bertz CT molecular complexity index is 595. The molecule has 0 aliphatic heterocycles. The zero-order valence-corrected chi connectivity index (χ0v) is 13.7. The van der Waals surface area contributed by atoms with E-state index in [0.29, 0.717) is 18.0 Å². The SMILES string of the molecule is CCN(C(=O)c1csnc1C)C(c1cccnc1)C(C)C. The van der Waals surface area contributed by atoms with Crippen molar-refractivity contribution in [2.45, 2.75) is 33.7 Å². The van der Waals surface area contributed by atoms with E-state index >= 15 is 0 Å². The summed E-state index contributed by atoms with van der Waals surface area (Å²) in [5, 5.41) is 1.83. The van der Waals surface area contributed by atoms with E-state index in [-0.39, 0.29) is 11.9 Å². The van der Waals surface area contributed by atoms with E-state index in [1.807, 2.05) is 42.5 Å². The summed E-state index contributed by atoms with van der Waals surface area (Å²) in [6.07, 6.45) is 3.60. The van der Waals surface area contributed by atoms with Gasteiger partial charge in [-0.1, -0.05) is 19.9 Å². The van der Waals surface area contributed by atoms with Gasteiger partial charge in [0.25, 0.3) is 5.91 Å². The maximum absolute atomic E-state index is 12.8. The van der Waals surface area contributed by atoms with Crippen molar-refractivity contribution < 1.29 is 4.79 Å². The summed E-state index contributed by atoms with van der Waals surface area (Å²) in [4.78, 5) is 19.0. The standard InChI is InChI=1S/C16H21N3OS/c1-5-19(16(20)14-10-21-18-12(14)4)15(11(2)3)13-7-6-8-17-9-13/h6-11,15H,5H2,1-4H3. The molecular formula is C16H21N3OS. The number of amides is 1. The smallest absolute Gasteiger partial charge is 0.257 e. The van der Waals surface area contributed by atoms with Crippen LogP contribution in [0.5, 0.6) is 0 Å². The second kappa shape index (κ2) is 6.80. The molecule has 112 valence electrons. The maximum Gasteiger partial charge on any atom is 0.257 e. The van der Waals surface area contributed by atoms with Gasteiger partial charge in [-0.25, -0.2) is 0 Å². The normalized spacial score (nSPS) is 12.4. The number of nitrogens with zero attached hydrogens (tertiary/aromatic N) is 3. The molecule has 0 spiro atoms. The third kappa shape index (κ3) is 3.29. The Balaban J connectivity index is 2.37. The number of hydrogen-bond acceptors (Lipinski definition) is 4. The van der Waals surface area contributed by atoms with Crippen LogP contribution in [0.1, 0.15) is 48.4 Å². The van der Waals surface area contributed by atoms with E-state index in [2.05, 4.69) is 23.2 Å². The van der Waals surface area contributed by atoms with E-state index in [0.717, 1.165) is 11.3 Å². The van der Waals surface area contributed by atoms with E-state index < -0.39 is 0 Å². The van der Waals surface area contributed by atoms with Gasteiger partial charge in [0.1, 0.15) is 0 Å². The van der Waals surface area contributed by atoms with Crippen LogP contribution in [0.15, 0.2) is 29.9 Å². The minimum atomic E-state index is 0.0236. The number of aromatic nitrogens is 2. The zero-order chi connectivity index (χ0) is 15.4. The lowest BCUT2D eigenvalue weighted by molar-refractivity contribution is 0.0636. The lowest BCUT2D eigenvalue weighted by Crippen LogP contribution is -2.37. The molecule has 1 unspecified atom stereocenters. The van der Waals surface area contributed by atoms with E-state index in [1.54, 1.807) is 6.20 Å². The minimum absolute atomic E-state index is 0.0236. The van der Waals surface area contributed by atoms with Crippen LogP contribution in [-0.2, 0) is 0 Å². The number of pyridine rings is 1. The van der Waals surface area contributed by atoms with Crippen LogP contribution >= 0.6 is 11.5 Å². The first kappa shape index (κ1) is 15.6. The fourth-order valence-electron chi connectivity index (χ4n) is 2.59. The van der Waals surface area contributed by atoms with Crippen LogP contribution < -0.4 is 0 Å². The summed E-state index contributed by atoms with van der Waals surface area (Å²) >= 11 is 1.33. The first-order chi connectivity index (χ1) is 10.1. The molecule has 4 nitrogen and oxygen atoms in total. The van der Waals surface area contributed by atoms with Crippen LogP contribution in [0.2, 0.25) is 0 Å². The van der Waals surface area contributed by atoms with E-state index in [9.17, 15) is 4.79 Å². The van der Waals surface area contributed by atoms with Crippen LogP contribution in [0.3, 0.4) is 0 Å². The molecule has 0 aliphatic carbocycles. The Morgan fingerprint density at radius 1 is 1.43 bits per heavy atom. The van der Waals surface area contributed by atoms with E-state index in [4.69, 9.17) is 0 Å². The lowest BCUT2D eigenvalue weighted by atomic mass is 9.95. The molecule has 1 amide bonds. The van der Waals surface area contributed by atoms with Gasteiger partial charge in [0.2, 0.25) is 0 Å². The first-order valence-electron chi connectivity index (χ1n) is 7.18. The van der Waals surface area contributed by atoms with Crippen molar-refractivity contribution >= 4 is 17.4 Å². The number of carbonyl (C=O) groups is 1. The molecule has 2 heterocycles. The second-order valence-electron chi connectivity index (χ2n) is 5.38. The zero-order valence-electron chi connectivity index (χ0n) is 12.9. The third-order valence-electron chi connectivity index (χ3n) is 3.58. The number of carbonyl (C=O) groups excluding carboxylic acids is 1. The topological polar surface area (TPSA) is 46.1 Å². The highest BCUT2D eigenvalue weighted by molar-refractivity contribution is 7.03. The average molecular weight is 303 g/mol. The van der Waals surface area contributed by atoms with Crippen LogP contribution in [0.4, 0.5) is 0 Å². The Morgan fingerprint density at radius 2 is 2.19 bits per heavy atom. The van der Waals surface area contributed by atoms with Gasteiger partial charge in [-0.15, -0.1) is 0 Å². The molecule has 0 saturated carbocycles. The monoisotopic (exact) mass is 303 g/mol. The molecule has 2 rings (SSSR count). The molecule has 0 bridgehead atoms. The predicted octanol–water partition coefficient (Wildman–Crippen LogP) is 3.71. The van der Waals surface area contributed by atoms with Crippen molar-refractivity contribution in [3.05, 3.63) is 46.7 Å². The summed E-state index contributed by atoms with van der Waals surface area (Å²) < 4.78 is 4.21. The molecule has 21 heavy (non-hydrogen) atoms. The molecule has 0 fully saturated rings. The van der Waals surface area contributed by atoms with Crippen LogP contribution in [-0.4, -0.2) is 26.7 Å². The molecule has 0 aliphatic rings. The van der Waals surface area contributed by atoms with Gasteiger partial charge in [-0.3, -0.25) is 9.78 Å². The van der Waals surface area contributed by atoms with Crippen molar-refractivity contribution in [3.63, 3.8) is 0 Å². The average Bonchev–Trinajstić information content (AvgIpc) is 2.90. The number of hydrogen-bond donors (Lipinski definition) is 0. The van der Waals surface area contributed by atoms with Gasteiger partial charge in [-0.2, -0.15) is 4.37 Å². The predicted molar refractivity (Wildman–Crippen MR) is 85.4 cm³/mol. The molecule has 2 aromatic heterocycles. The van der Waals surface area contributed by atoms with Gasteiger partial charge < -0.3 is 4.90 Å². The van der Waals surface area contributed by atoms with Crippen molar-refractivity contribution in [3.8, 4) is 0 Å². The summed E-state index contributed by atoms with van der Waals surface area (Å²) in [6, 6.07) is 3.97. The largest absolute Gasteiger partial charge is 0.331 e. The molecule has 0 N–H and O–H groups in total. The molecular weight excluding hydrogens is 282 g/mol. The fourth-order valence-corrected chi connectivity index (χ4v) is 3.28. The highest BCUT2D eigenvalue weighted by Gasteiger charge is 2.28. The molecule has 2 aromatic rings. The fraction of sp³-hybridized carbons (Fsp3) is 0.438. The summed E-state index contributed by atoms with van der Waals surface area (Å²) in [5.74, 6) is 0.358. The molecule has 5 heteroatoms. The van der Waals surface area contributed by atoms with Crippen molar-refractivity contribution in [1.29, 1.82) is 0 Å². The maximum atomic E-state index is 12.8. The molecule has 1 atom stereocenters. The number of rotatable bonds is 5. The third-order valence-corrected chi connectivity index (χ3v) is 4.30. The second-order valence-corrected chi connectivity index (χ2v) is 6.01. The van der Waals surface area contributed by atoms with Crippen molar-refractivity contribution in [2.24, 2.45) is 5.92 Å².